The van der Waals surface area contributed by atoms with E-state index < -0.39 is 9.84 Å². The molecule has 0 radical (unpaired) electrons. The van der Waals surface area contributed by atoms with Crippen LogP contribution in [0.15, 0.2) is 24.3 Å². The van der Waals surface area contributed by atoms with Crippen LogP contribution in [-0.2, 0) is 15.6 Å². The first-order chi connectivity index (χ1) is 7.03. The lowest BCUT2D eigenvalue weighted by Crippen LogP contribution is -2.13. The summed E-state index contributed by atoms with van der Waals surface area (Å²) in [7, 11) is -3.10. The second kappa shape index (κ2) is 5.14. The third kappa shape index (κ3) is 4.31. The van der Waals surface area contributed by atoms with Gasteiger partial charge in [0, 0.05) is 0 Å². The molecule has 1 aromatic carbocycles. The van der Waals surface area contributed by atoms with Gasteiger partial charge in [-0.3, -0.25) is 0 Å². The van der Waals surface area contributed by atoms with Gasteiger partial charge in [-0.25, -0.2) is 8.42 Å². The summed E-state index contributed by atoms with van der Waals surface area (Å²) in [6.45, 7) is 0.374. The normalized spacial score (nSPS) is 11.5. The first-order valence-corrected chi connectivity index (χ1v) is 6.54. The summed E-state index contributed by atoms with van der Waals surface area (Å²) in [6, 6.07) is 6.28. The standard InChI is InChI=1S/C10H15NO3S/c11-5-2-6-15(13,14)8-9-3-1-4-10(12)7-9/h1,3-4,7,12H,2,5-6,8,11H2. The van der Waals surface area contributed by atoms with Gasteiger partial charge >= 0.3 is 0 Å². The van der Waals surface area contributed by atoms with E-state index >= 15 is 0 Å². The molecule has 0 aliphatic heterocycles. The van der Waals surface area contributed by atoms with Gasteiger partial charge in [-0.15, -0.1) is 0 Å². The third-order valence-electron chi connectivity index (χ3n) is 1.96. The molecule has 0 heterocycles. The van der Waals surface area contributed by atoms with E-state index in [1.165, 1.54) is 12.1 Å². The van der Waals surface area contributed by atoms with E-state index in [1.54, 1.807) is 12.1 Å². The van der Waals surface area contributed by atoms with Crippen molar-refractivity contribution in [3.05, 3.63) is 29.8 Å². The van der Waals surface area contributed by atoms with E-state index in [4.69, 9.17) is 5.73 Å². The molecule has 0 aliphatic carbocycles. The van der Waals surface area contributed by atoms with Gasteiger partial charge in [0.05, 0.1) is 11.5 Å². The van der Waals surface area contributed by atoms with Crippen LogP contribution >= 0.6 is 0 Å². The molecule has 4 nitrogen and oxygen atoms in total. The molecule has 0 saturated heterocycles. The molecular weight excluding hydrogens is 214 g/mol. The van der Waals surface area contributed by atoms with Crippen molar-refractivity contribution in [2.45, 2.75) is 12.2 Å². The molecule has 1 aromatic rings. The average Bonchev–Trinajstić information content (AvgIpc) is 2.14. The fraction of sp³-hybridized carbons (Fsp3) is 0.400. The number of sulfone groups is 1. The molecule has 3 N–H and O–H groups in total. The Morgan fingerprint density at radius 2 is 2.07 bits per heavy atom. The van der Waals surface area contributed by atoms with E-state index in [9.17, 15) is 13.5 Å². The van der Waals surface area contributed by atoms with E-state index in [2.05, 4.69) is 0 Å². The Bertz CT molecular complexity index is 414. The zero-order chi connectivity index (χ0) is 11.3. The zero-order valence-corrected chi connectivity index (χ0v) is 9.20. The molecule has 15 heavy (non-hydrogen) atoms. The third-order valence-corrected chi connectivity index (χ3v) is 3.64. The van der Waals surface area contributed by atoms with Crippen LogP contribution in [0, 0.1) is 0 Å². The largest absolute Gasteiger partial charge is 0.508 e. The maximum absolute atomic E-state index is 11.5. The summed E-state index contributed by atoms with van der Waals surface area (Å²) in [5, 5.41) is 9.17. The first kappa shape index (κ1) is 12.0. The van der Waals surface area contributed by atoms with Crippen molar-refractivity contribution in [3.63, 3.8) is 0 Å². The van der Waals surface area contributed by atoms with Gasteiger partial charge in [0.2, 0.25) is 0 Å². The lowest BCUT2D eigenvalue weighted by Gasteiger charge is -2.03. The van der Waals surface area contributed by atoms with Gasteiger partial charge in [0.15, 0.2) is 9.84 Å². The summed E-state index contributed by atoms with van der Waals surface area (Å²) >= 11 is 0. The number of phenolic OH excluding ortho intramolecular Hbond substituents is 1. The Morgan fingerprint density at radius 1 is 1.33 bits per heavy atom. The quantitative estimate of drug-likeness (QED) is 0.777. The summed E-state index contributed by atoms with van der Waals surface area (Å²) in [6.07, 6.45) is 0.473. The smallest absolute Gasteiger partial charge is 0.154 e. The van der Waals surface area contributed by atoms with Crippen LogP contribution in [0.2, 0.25) is 0 Å². The molecule has 0 spiro atoms. The van der Waals surface area contributed by atoms with Crippen molar-refractivity contribution < 1.29 is 13.5 Å². The number of hydrogen-bond acceptors (Lipinski definition) is 4. The van der Waals surface area contributed by atoms with Crippen molar-refractivity contribution in [2.75, 3.05) is 12.3 Å². The minimum atomic E-state index is -3.10. The van der Waals surface area contributed by atoms with Crippen molar-refractivity contribution in [3.8, 4) is 5.75 Å². The molecule has 0 amide bonds. The molecule has 5 heteroatoms. The minimum Gasteiger partial charge on any atom is -0.508 e. The van der Waals surface area contributed by atoms with Gasteiger partial charge < -0.3 is 10.8 Å². The van der Waals surface area contributed by atoms with Gasteiger partial charge in [-0.1, -0.05) is 12.1 Å². The van der Waals surface area contributed by atoms with Crippen molar-refractivity contribution >= 4 is 9.84 Å². The number of benzene rings is 1. The summed E-state index contributed by atoms with van der Waals surface area (Å²) in [4.78, 5) is 0. The SMILES string of the molecule is NCCCS(=O)(=O)Cc1cccc(O)c1. The van der Waals surface area contributed by atoms with Gasteiger partial charge in [0.25, 0.3) is 0 Å². The Morgan fingerprint density at radius 3 is 2.67 bits per heavy atom. The second-order valence-corrected chi connectivity index (χ2v) is 5.59. The highest BCUT2D eigenvalue weighted by atomic mass is 32.2. The van der Waals surface area contributed by atoms with Gasteiger partial charge in [-0.05, 0) is 30.7 Å². The summed E-state index contributed by atoms with van der Waals surface area (Å²) < 4.78 is 23.1. The molecule has 0 bridgehead atoms. The molecular formula is C10H15NO3S. The molecule has 0 atom stereocenters. The van der Waals surface area contributed by atoms with Crippen LogP contribution < -0.4 is 5.73 Å². The van der Waals surface area contributed by atoms with Gasteiger partial charge in [0.1, 0.15) is 5.75 Å². The monoisotopic (exact) mass is 229 g/mol. The number of rotatable bonds is 5. The predicted octanol–water partition coefficient (Wildman–Crippen LogP) is 0.656. The molecule has 0 saturated carbocycles. The minimum absolute atomic E-state index is 0.0403. The maximum atomic E-state index is 11.5. The Hall–Kier alpha value is -1.07. The Labute approximate surface area is 89.7 Å². The highest BCUT2D eigenvalue weighted by Gasteiger charge is 2.11. The number of phenols is 1. The van der Waals surface area contributed by atoms with Crippen molar-refractivity contribution in [1.82, 2.24) is 0 Å². The van der Waals surface area contributed by atoms with Crippen molar-refractivity contribution in [2.24, 2.45) is 5.73 Å². The van der Waals surface area contributed by atoms with Gasteiger partial charge in [-0.2, -0.15) is 0 Å². The van der Waals surface area contributed by atoms with Crippen LogP contribution in [0.5, 0.6) is 5.75 Å². The van der Waals surface area contributed by atoms with E-state index in [-0.39, 0.29) is 17.3 Å². The average molecular weight is 229 g/mol. The Balaban J connectivity index is 2.69. The molecule has 0 aromatic heterocycles. The second-order valence-electron chi connectivity index (χ2n) is 3.40. The number of hydrogen-bond donors (Lipinski definition) is 2. The Kier molecular flexibility index (Phi) is 4.11. The highest BCUT2D eigenvalue weighted by Crippen LogP contribution is 2.14. The predicted molar refractivity (Wildman–Crippen MR) is 59.3 cm³/mol. The first-order valence-electron chi connectivity index (χ1n) is 4.72. The number of aromatic hydroxyl groups is 1. The van der Waals surface area contributed by atoms with E-state index in [0.29, 0.717) is 18.5 Å². The van der Waals surface area contributed by atoms with E-state index in [1.807, 2.05) is 0 Å². The van der Waals surface area contributed by atoms with Crippen LogP contribution in [-0.4, -0.2) is 25.8 Å². The topological polar surface area (TPSA) is 80.4 Å². The van der Waals surface area contributed by atoms with Crippen LogP contribution in [0.1, 0.15) is 12.0 Å². The summed E-state index contributed by atoms with van der Waals surface area (Å²) in [5.74, 6) is 0.141. The molecule has 1 rings (SSSR count). The molecule has 0 fully saturated rings. The molecule has 0 aliphatic rings. The lowest BCUT2D eigenvalue weighted by molar-refractivity contribution is 0.475. The molecule has 0 unspecified atom stereocenters. The molecule has 84 valence electrons. The highest BCUT2D eigenvalue weighted by molar-refractivity contribution is 7.90. The van der Waals surface area contributed by atoms with E-state index in [0.717, 1.165) is 0 Å². The van der Waals surface area contributed by atoms with Crippen LogP contribution in [0.3, 0.4) is 0 Å². The maximum Gasteiger partial charge on any atom is 0.154 e. The zero-order valence-electron chi connectivity index (χ0n) is 8.39. The number of nitrogens with two attached hydrogens (primary N) is 1. The fourth-order valence-corrected chi connectivity index (χ4v) is 2.71. The van der Waals surface area contributed by atoms with Crippen molar-refractivity contribution in [1.29, 1.82) is 0 Å². The summed E-state index contributed by atoms with van der Waals surface area (Å²) in [5.41, 5.74) is 5.85. The lowest BCUT2D eigenvalue weighted by atomic mass is 10.2. The fourth-order valence-electron chi connectivity index (χ4n) is 1.28. The van der Waals surface area contributed by atoms with Crippen LogP contribution in [0.4, 0.5) is 0 Å². The van der Waals surface area contributed by atoms with Crippen LogP contribution in [0.25, 0.3) is 0 Å².